The standard InChI is InChI=1S/C43H66FN3O13/c1-13-31-43(9)34(47(40(53)60-43)20-17-21-56-39(52)45-28-18-15-16-19-30(28)55-14-2)26(5)32(48)24(3)23-41(7,54-12)36(27(6)35(50)42(8,44)38(51)58-31)59-37-33(49)29(46(10)11)22-25(4)57-37/h15-16,18-19,24-27,29,31,33-34,36-37,49H,13-14,17,20-23H2,1-12H3,(H,45,52)/t24-,25-,26+,27+,29+,31-,33-,34-,36-,37+,41-,42+,43-/m1/s1. The van der Waals surface area contributed by atoms with E-state index in [1.807, 2.05) is 18.7 Å². The van der Waals surface area contributed by atoms with Gasteiger partial charge >= 0.3 is 18.2 Å². The maximum Gasteiger partial charge on any atom is 0.411 e. The van der Waals surface area contributed by atoms with Crippen LogP contribution in [0.15, 0.2) is 24.3 Å². The quantitative estimate of drug-likeness (QED) is 0.119. The van der Waals surface area contributed by atoms with E-state index in [4.69, 9.17) is 33.2 Å². The number of aliphatic hydroxyl groups excluding tert-OH is 1. The third-order valence-electron chi connectivity index (χ3n) is 12.4. The molecule has 0 aliphatic carbocycles. The molecule has 17 heteroatoms. The van der Waals surface area contributed by atoms with E-state index < -0.39 is 89.2 Å². The molecule has 60 heavy (non-hydrogen) atoms. The van der Waals surface area contributed by atoms with Crippen LogP contribution in [-0.2, 0) is 42.8 Å². The fourth-order valence-corrected chi connectivity index (χ4v) is 9.11. The van der Waals surface area contributed by atoms with Crippen LogP contribution in [0.1, 0.15) is 88.0 Å². The van der Waals surface area contributed by atoms with Crippen LogP contribution in [0.2, 0.25) is 0 Å². The number of Topliss-reactive ketones (excluding diaryl/α,β-unsaturated/α-hetero) is 2. The number of fused-ring (bicyclic) bond motifs is 1. The van der Waals surface area contributed by atoms with Gasteiger partial charge in [0.2, 0.25) is 0 Å². The van der Waals surface area contributed by atoms with Crippen LogP contribution in [0.3, 0.4) is 0 Å². The van der Waals surface area contributed by atoms with Crippen LogP contribution in [0.5, 0.6) is 5.75 Å². The summed E-state index contributed by atoms with van der Waals surface area (Å²) in [6.45, 7) is 14.2. The molecule has 2 N–H and O–H groups in total. The van der Waals surface area contributed by atoms with Crippen molar-refractivity contribution in [3.8, 4) is 5.75 Å². The second-order valence-corrected chi connectivity index (χ2v) is 17.1. The van der Waals surface area contributed by atoms with Crippen molar-refractivity contribution in [2.75, 3.05) is 46.3 Å². The number of rotatable bonds is 12. The van der Waals surface area contributed by atoms with E-state index in [2.05, 4.69) is 5.32 Å². The van der Waals surface area contributed by atoms with Gasteiger partial charge in [-0.3, -0.25) is 14.9 Å². The highest BCUT2D eigenvalue weighted by atomic mass is 19.1. The number of amides is 2. The maximum absolute atomic E-state index is 16.9. The fourth-order valence-electron chi connectivity index (χ4n) is 9.11. The third-order valence-corrected chi connectivity index (χ3v) is 12.4. The number of esters is 1. The highest BCUT2D eigenvalue weighted by Gasteiger charge is 2.61. The highest BCUT2D eigenvalue weighted by molar-refractivity contribution is 6.08. The minimum absolute atomic E-state index is 0.0261. The topological polar surface area (TPSA) is 189 Å². The lowest BCUT2D eigenvalue weighted by atomic mass is 9.73. The van der Waals surface area contributed by atoms with Crippen LogP contribution >= 0.6 is 0 Å². The van der Waals surface area contributed by atoms with Gasteiger partial charge in [0.05, 0.1) is 42.8 Å². The second kappa shape index (κ2) is 19.9. The molecule has 1 aromatic rings. The first-order valence-corrected chi connectivity index (χ1v) is 20.9. The lowest BCUT2D eigenvalue weighted by molar-refractivity contribution is -0.295. The number of alkyl halides is 1. The van der Waals surface area contributed by atoms with E-state index in [0.29, 0.717) is 24.5 Å². The molecule has 3 heterocycles. The summed E-state index contributed by atoms with van der Waals surface area (Å²) in [4.78, 5) is 72.4. The zero-order valence-electron chi connectivity index (χ0n) is 37.2. The Morgan fingerprint density at radius 1 is 1.05 bits per heavy atom. The smallest absolute Gasteiger partial charge is 0.411 e. The summed E-state index contributed by atoms with van der Waals surface area (Å²) >= 11 is 0. The number of carbonyl (C=O) groups is 5. The number of ketones is 2. The van der Waals surface area contributed by atoms with Gasteiger partial charge in [-0.15, -0.1) is 0 Å². The molecule has 1 aromatic carbocycles. The molecule has 3 fully saturated rings. The van der Waals surface area contributed by atoms with Crippen LogP contribution in [0, 0.1) is 17.8 Å². The van der Waals surface area contributed by atoms with Gasteiger partial charge in [0.25, 0.3) is 5.67 Å². The zero-order valence-corrected chi connectivity index (χ0v) is 37.2. The molecule has 3 aliphatic rings. The number of hydrogen-bond donors (Lipinski definition) is 2. The van der Waals surface area contributed by atoms with E-state index in [0.717, 1.165) is 6.92 Å². The van der Waals surface area contributed by atoms with Crippen molar-refractivity contribution in [3.63, 3.8) is 0 Å². The van der Waals surface area contributed by atoms with Gasteiger partial charge in [0, 0.05) is 37.5 Å². The minimum atomic E-state index is -3.22. The van der Waals surface area contributed by atoms with Crippen molar-refractivity contribution in [2.24, 2.45) is 17.8 Å². The number of benzene rings is 1. The van der Waals surface area contributed by atoms with E-state index >= 15 is 4.39 Å². The van der Waals surface area contributed by atoms with Crippen LogP contribution in [0.25, 0.3) is 0 Å². The number of halogens is 1. The monoisotopic (exact) mass is 851 g/mol. The number of ether oxygens (including phenoxy) is 7. The molecule has 4 rings (SSSR count). The number of anilines is 1. The average molecular weight is 852 g/mol. The number of methoxy groups -OCH3 is 1. The number of hydrogen-bond acceptors (Lipinski definition) is 14. The van der Waals surface area contributed by atoms with Crippen molar-refractivity contribution in [1.82, 2.24) is 9.80 Å². The Bertz CT molecular complexity index is 1700. The molecular weight excluding hydrogens is 785 g/mol. The molecule has 0 bridgehead atoms. The number of carbonyl (C=O) groups excluding carboxylic acids is 5. The van der Waals surface area contributed by atoms with Crippen LogP contribution in [-0.4, -0.2) is 145 Å². The van der Waals surface area contributed by atoms with Crippen LogP contribution in [0.4, 0.5) is 19.7 Å². The lowest BCUT2D eigenvalue weighted by Gasteiger charge is -2.47. The van der Waals surface area contributed by atoms with E-state index in [1.165, 1.54) is 25.9 Å². The summed E-state index contributed by atoms with van der Waals surface area (Å²) in [5, 5.41) is 14.1. The van der Waals surface area contributed by atoms with Crippen molar-refractivity contribution < 1.29 is 66.6 Å². The Kier molecular flexibility index (Phi) is 16.1. The number of para-hydroxylation sites is 2. The van der Waals surface area contributed by atoms with Crippen molar-refractivity contribution in [2.45, 2.75) is 148 Å². The summed E-state index contributed by atoms with van der Waals surface area (Å²) in [7, 11) is 4.99. The van der Waals surface area contributed by atoms with Gasteiger partial charge in [-0.2, -0.15) is 0 Å². The van der Waals surface area contributed by atoms with Gasteiger partial charge in [-0.1, -0.05) is 39.8 Å². The Morgan fingerprint density at radius 2 is 1.72 bits per heavy atom. The molecule has 3 saturated heterocycles. The molecule has 13 atom stereocenters. The highest BCUT2D eigenvalue weighted by Crippen LogP contribution is 2.43. The molecular formula is C43H66FN3O13. The Hall–Kier alpha value is -3.90. The molecule has 3 aliphatic heterocycles. The molecule has 0 unspecified atom stereocenters. The van der Waals surface area contributed by atoms with Crippen molar-refractivity contribution in [3.05, 3.63) is 24.3 Å². The van der Waals surface area contributed by atoms with Gasteiger partial charge in [-0.25, -0.2) is 18.8 Å². The second-order valence-electron chi connectivity index (χ2n) is 17.1. The minimum Gasteiger partial charge on any atom is -0.492 e. The van der Waals surface area contributed by atoms with Gasteiger partial charge in [-0.05, 0) is 86.5 Å². The summed E-state index contributed by atoms with van der Waals surface area (Å²) in [5.74, 6) is -5.67. The number of aliphatic hydroxyl groups is 1. The van der Waals surface area contributed by atoms with Gasteiger partial charge in [0.1, 0.15) is 23.7 Å². The third kappa shape index (κ3) is 10.2. The summed E-state index contributed by atoms with van der Waals surface area (Å²) in [6.07, 6.45) is -6.43. The van der Waals surface area contributed by atoms with Gasteiger partial charge < -0.3 is 48.1 Å². The maximum atomic E-state index is 16.9. The molecule has 0 saturated carbocycles. The molecule has 0 spiro atoms. The van der Waals surface area contributed by atoms with E-state index in [1.54, 1.807) is 66.1 Å². The fraction of sp³-hybridized carbons (Fsp3) is 0.744. The molecule has 2 amide bonds. The molecule has 338 valence electrons. The summed E-state index contributed by atoms with van der Waals surface area (Å²) in [5.41, 5.74) is -5.98. The van der Waals surface area contributed by atoms with E-state index in [-0.39, 0.29) is 50.3 Å². The molecule has 16 nitrogen and oxygen atoms in total. The SMILES string of the molecule is CCOc1ccccc1NC(=O)OCCCN1C(=O)O[C@]2(C)[C@@H](CC)OC(=O)[C@@](C)(F)C(=O)[C@H](C)[C@@H](O[C@@H]3O[C@H](C)C[C@H](N(C)C)[C@H]3O)[C@](C)(OC)C[C@@H](C)C(=O)[C@H](C)[C@@H]12. The largest absolute Gasteiger partial charge is 0.492 e. The predicted octanol–water partition coefficient (Wildman–Crippen LogP) is 5.32. The number of cyclic esters (lactones) is 1. The Balaban J connectivity index is 1.67. The Labute approximate surface area is 353 Å². The lowest BCUT2D eigenvalue weighted by Crippen LogP contribution is -2.61. The first kappa shape index (κ1) is 48.8. The van der Waals surface area contributed by atoms with E-state index in [9.17, 15) is 29.1 Å². The van der Waals surface area contributed by atoms with Crippen LogP contribution < -0.4 is 10.1 Å². The molecule has 0 aromatic heterocycles. The Morgan fingerprint density at radius 3 is 2.33 bits per heavy atom. The normalized spacial score (nSPS) is 36.9. The first-order chi connectivity index (χ1) is 28.1. The first-order valence-electron chi connectivity index (χ1n) is 20.9. The average Bonchev–Trinajstić information content (AvgIpc) is 3.46. The number of nitrogens with one attached hydrogen (secondary N) is 1. The summed E-state index contributed by atoms with van der Waals surface area (Å²) in [6, 6.07) is 5.44. The predicted molar refractivity (Wildman–Crippen MR) is 217 cm³/mol. The van der Waals surface area contributed by atoms with Crippen molar-refractivity contribution in [1.29, 1.82) is 0 Å². The number of likely N-dealkylation sites (N-methyl/N-ethyl adjacent to an activating group) is 1. The number of nitrogens with zero attached hydrogens (tertiary/aromatic N) is 2. The van der Waals surface area contributed by atoms with Crippen molar-refractivity contribution >= 4 is 35.4 Å². The van der Waals surface area contributed by atoms with Gasteiger partial charge in [0.15, 0.2) is 17.7 Å². The zero-order chi connectivity index (χ0) is 44.9. The summed E-state index contributed by atoms with van der Waals surface area (Å²) < 4.78 is 58.2. The molecule has 0 radical (unpaired) electrons.